The molecule has 8 heteroatoms. The van der Waals surface area contributed by atoms with E-state index in [2.05, 4.69) is 10.3 Å². The van der Waals surface area contributed by atoms with E-state index in [1.807, 2.05) is 6.92 Å². The van der Waals surface area contributed by atoms with Gasteiger partial charge in [0.05, 0.1) is 5.92 Å². The van der Waals surface area contributed by atoms with Gasteiger partial charge in [-0.15, -0.1) is 0 Å². The molecular weight excluding hydrogens is 348 g/mol. The van der Waals surface area contributed by atoms with Gasteiger partial charge in [0.1, 0.15) is 5.82 Å². The van der Waals surface area contributed by atoms with Gasteiger partial charge < -0.3 is 16.2 Å². The smallest absolute Gasteiger partial charge is 0.327 e. The van der Waals surface area contributed by atoms with Crippen molar-refractivity contribution >= 4 is 23.7 Å². The summed E-state index contributed by atoms with van der Waals surface area (Å²) in [5, 5.41) is 12.4. The van der Waals surface area contributed by atoms with E-state index >= 15 is 0 Å². The maximum absolute atomic E-state index is 12.6. The van der Waals surface area contributed by atoms with Gasteiger partial charge in [0, 0.05) is 12.2 Å². The highest BCUT2D eigenvalue weighted by Gasteiger charge is 2.54. The van der Waals surface area contributed by atoms with Crippen LogP contribution in [0.15, 0.2) is 18.3 Å². The minimum absolute atomic E-state index is 0.0842. The standard InChI is InChI=1S/C19H26N4O4/c1-11(13-5-3-2-4-6-13)22-19(27)23-16(18(25)26)14(17(23)24)9-12-7-8-21-15(20)10-12/h7-8,10-11,13-14,16H,2-6,9H2,1H3,(H2,20,21)(H,22,27)(H,25,26). The molecule has 1 aromatic rings. The molecule has 0 bridgehead atoms. The van der Waals surface area contributed by atoms with Crippen LogP contribution >= 0.6 is 0 Å². The van der Waals surface area contributed by atoms with Gasteiger partial charge in [0.15, 0.2) is 6.04 Å². The molecule has 1 aliphatic heterocycles. The number of aromatic nitrogens is 1. The molecule has 0 aromatic carbocycles. The first-order valence-corrected chi connectivity index (χ1v) is 9.45. The van der Waals surface area contributed by atoms with Crippen molar-refractivity contribution in [3.05, 3.63) is 23.9 Å². The summed E-state index contributed by atoms with van der Waals surface area (Å²) in [4.78, 5) is 41.5. The Kier molecular flexibility index (Phi) is 5.62. The number of nitrogens with two attached hydrogens (primary N) is 1. The number of hydrogen-bond acceptors (Lipinski definition) is 5. The number of anilines is 1. The molecule has 1 aromatic heterocycles. The van der Waals surface area contributed by atoms with E-state index in [0.29, 0.717) is 11.7 Å². The molecule has 1 saturated carbocycles. The highest BCUT2D eigenvalue weighted by molar-refractivity contribution is 6.07. The zero-order valence-electron chi connectivity index (χ0n) is 15.4. The lowest BCUT2D eigenvalue weighted by atomic mass is 9.82. The van der Waals surface area contributed by atoms with E-state index in [-0.39, 0.29) is 12.5 Å². The number of urea groups is 1. The number of pyridine rings is 1. The van der Waals surface area contributed by atoms with E-state index < -0.39 is 29.9 Å². The molecule has 1 aliphatic carbocycles. The summed E-state index contributed by atoms with van der Waals surface area (Å²) in [5.74, 6) is -1.74. The number of hydrogen-bond donors (Lipinski definition) is 3. The van der Waals surface area contributed by atoms with Crippen molar-refractivity contribution in [2.24, 2.45) is 11.8 Å². The van der Waals surface area contributed by atoms with Crippen LogP contribution in [-0.2, 0) is 16.0 Å². The largest absolute Gasteiger partial charge is 0.480 e. The van der Waals surface area contributed by atoms with Crippen LogP contribution in [0.25, 0.3) is 0 Å². The third-order valence-electron chi connectivity index (χ3n) is 5.69. The second-order valence-electron chi connectivity index (χ2n) is 7.53. The van der Waals surface area contributed by atoms with Crippen molar-refractivity contribution in [3.8, 4) is 0 Å². The molecule has 0 spiro atoms. The molecule has 2 heterocycles. The molecule has 3 unspecified atom stereocenters. The number of nitrogens with zero attached hydrogens (tertiary/aromatic N) is 2. The highest BCUT2D eigenvalue weighted by Crippen LogP contribution is 2.31. The fraction of sp³-hybridized carbons (Fsp3) is 0.579. The highest BCUT2D eigenvalue weighted by atomic mass is 16.4. The molecule has 3 rings (SSSR count). The van der Waals surface area contributed by atoms with Gasteiger partial charge in [-0.05, 0) is 49.8 Å². The predicted molar refractivity (Wildman–Crippen MR) is 98.7 cm³/mol. The molecule has 2 aliphatic rings. The number of imide groups is 1. The van der Waals surface area contributed by atoms with Crippen LogP contribution in [0.5, 0.6) is 0 Å². The lowest BCUT2D eigenvalue weighted by Crippen LogP contribution is -2.69. The van der Waals surface area contributed by atoms with Gasteiger partial charge >= 0.3 is 12.0 Å². The van der Waals surface area contributed by atoms with Crippen molar-refractivity contribution in [2.75, 3.05) is 5.73 Å². The number of β-lactam (4-membered cyclic amide) rings is 1. The van der Waals surface area contributed by atoms with Crippen LogP contribution in [0.1, 0.15) is 44.6 Å². The summed E-state index contributed by atoms with van der Waals surface area (Å²) in [7, 11) is 0. The molecule has 3 atom stereocenters. The van der Waals surface area contributed by atoms with Gasteiger partial charge in [0.25, 0.3) is 0 Å². The Morgan fingerprint density at radius 3 is 2.70 bits per heavy atom. The number of aliphatic carboxylic acids is 1. The quantitative estimate of drug-likeness (QED) is 0.675. The van der Waals surface area contributed by atoms with Crippen molar-refractivity contribution in [1.82, 2.24) is 15.2 Å². The SMILES string of the molecule is CC(NC(=O)N1C(=O)C(Cc2ccnc(N)c2)C1C(=O)O)C1CCCCC1. The van der Waals surface area contributed by atoms with Crippen LogP contribution in [0.4, 0.5) is 10.6 Å². The zero-order valence-corrected chi connectivity index (χ0v) is 15.4. The topological polar surface area (TPSA) is 126 Å². The molecule has 4 N–H and O–H groups in total. The van der Waals surface area contributed by atoms with Gasteiger partial charge in [-0.3, -0.25) is 4.79 Å². The van der Waals surface area contributed by atoms with Gasteiger partial charge in [-0.25, -0.2) is 19.5 Å². The number of carbonyl (C=O) groups is 3. The molecule has 146 valence electrons. The summed E-state index contributed by atoms with van der Waals surface area (Å²) in [5.41, 5.74) is 6.36. The Morgan fingerprint density at radius 1 is 1.37 bits per heavy atom. The fourth-order valence-corrected chi connectivity index (χ4v) is 4.15. The van der Waals surface area contributed by atoms with Gasteiger partial charge in [0.2, 0.25) is 5.91 Å². The van der Waals surface area contributed by atoms with E-state index in [1.165, 1.54) is 12.6 Å². The van der Waals surface area contributed by atoms with Crippen LogP contribution < -0.4 is 11.1 Å². The second kappa shape index (κ2) is 7.94. The lowest BCUT2D eigenvalue weighted by molar-refractivity contribution is -0.165. The molecule has 27 heavy (non-hydrogen) atoms. The Labute approximate surface area is 158 Å². The number of nitrogen functional groups attached to an aromatic ring is 1. The first-order chi connectivity index (χ1) is 12.9. The third kappa shape index (κ3) is 4.04. The van der Waals surface area contributed by atoms with E-state index in [9.17, 15) is 19.5 Å². The fourth-order valence-electron chi connectivity index (χ4n) is 4.15. The minimum atomic E-state index is -1.18. The number of carbonyl (C=O) groups excluding carboxylic acids is 2. The van der Waals surface area contributed by atoms with Crippen molar-refractivity contribution in [2.45, 2.75) is 57.5 Å². The third-order valence-corrected chi connectivity index (χ3v) is 5.69. The molecule has 2 fully saturated rings. The molecular formula is C19H26N4O4. The number of amides is 3. The Balaban J connectivity index is 1.65. The molecule has 0 radical (unpaired) electrons. The minimum Gasteiger partial charge on any atom is -0.480 e. The van der Waals surface area contributed by atoms with Crippen LogP contribution in [0.2, 0.25) is 0 Å². The van der Waals surface area contributed by atoms with Gasteiger partial charge in [-0.2, -0.15) is 0 Å². The maximum Gasteiger partial charge on any atom is 0.327 e. The van der Waals surface area contributed by atoms with E-state index in [0.717, 1.165) is 36.1 Å². The number of rotatable bonds is 5. The van der Waals surface area contributed by atoms with Crippen molar-refractivity contribution < 1.29 is 19.5 Å². The number of carboxylic acid groups (broad SMARTS) is 1. The number of carboxylic acids is 1. The summed E-state index contributed by atoms with van der Waals surface area (Å²) in [6, 6.07) is 1.44. The van der Waals surface area contributed by atoms with Crippen molar-refractivity contribution in [1.29, 1.82) is 0 Å². The lowest BCUT2D eigenvalue weighted by Gasteiger charge is -2.43. The van der Waals surface area contributed by atoms with Crippen LogP contribution in [0.3, 0.4) is 0 Å². The molecule has 3 amide bonds. The van der Waals surface area contributed by atoms with Gasteiger partial charge in [-0.1, -0.05) is 19.3 Å². The first kappa shape index (κ1) is 19.1. The van der Waals surface area contributed by atoms with E-state index in [1.54, 1.807) is 12.1 Å². The van der Waals surface area contributed by atoms with E-state index in [4.69, 9.17) is 5.73 Å². The molecule has 1 saturated heterocycles. The summed E-state index contributed by atoms with van der Waals surface area (Å²) >= 11 is 0. The Hall–Kier alpha value is -2.64. The number of likely N-dealkylation sites (tertiary alicyclic amines) is 1. The normalized spacial score (nSPS) is 24.2. The Morgan fingerprint density at radius 2 is 2.07 bits per heavy atom. The van der Waals surface area contributed by atoms with Crippen molar-refractivity contribution in [3.63, 3.8) is 0 Å². The average molecular weight is 374 g/mol. The average Bonchev–Trinajstić information content (AvgIpc) is 2.64. The second-order valence-corrected chi connectivity index (χ2v) is 7.53. The summed E-state index contributed by atoms with van der Waals surface area (Å²) in [6.07, 6.45) is 7.31. The Bertz CT molecular complexity index is 732. The first-order valence-electron chi connectivity index (χ1n) is 9.45. The van der Waals surface area contributed by atoms with Crippen LogP contribution in [0, 0.1) is 11.8 Å². The monoisotopic (exact) mass is 374 g/mol. The molecule has 8 nitrogen and oxygen atoms in total. The summed E-state index contributed by atoms with van der Waals surface area (Å²) < 4.78 is 0. The number of nitrogens with one attached hydrogen (secondary N) is 1. The maximum atomic E-state index is 12.6. The predicted octanol–water partition coefficient (Wildman–Crippen LogP) is 1.80. The van der Waals surface area contributed by atoms with Crippen LogP contribution in [-0.4, -0.2) is 45.0 Å². The summed E-state index contributed by atoms with van der Waals surface area (Å²) in [6.45, 7) is 1.92. The zero-order chi connectivity index (χ0) is 19.6.